The molecule has 0 atom stereocenters. The number of thiazole rings is 1. The fourth-order valence-corrected chi connectivity index (χ4v) is 4.55. The number of nitrogens with zero attached hydrogens (tertiary/aromatic N) is 4. The number of rotatable bonds is 6. The molecule has 0 aliphatic carbocycles. The van der Waals surface area contributed by atoms with Crippen LogP contribution in [0.25, 0.3) is 5.69 Å². The summed E-state index contributed by atoms with van der Waals surface area (Å²) in [4.78, 5) is 10.7. The Balaban J connectivity index is 2.24. The molecule has 132 valence electrons. The van der Waals surface area contributed by atoms with Gasteiger partial charge in [0.25, 0.3) is 0 Å². The maximum atomic E-state index is 12.6. The Bertz CT molecular complexity index is 962. The lowest BCUT2D eigenvalue weighted by molar-refractivity contribution is 0.601. The minimum atomic E-state index is -3.47. The molecule has 0 saturated carbocycles. The summed E-state index contributed by atoms with van der Waals surface area (Å²) in [5.41, 5.74) is 1.22. The van der Waals surface area contributed by atoms with Crippen molar-refractivity contribution in [2.75, 3.05) is 18.2 Å². The third-order valence-corrected chi connectivity index (χ3v) is 5.87. The first-order valence-corrected chi connectivity index (χ1v) is 10.7. The second kappa shape index (κ2) is 6.97. The molecule has 3 rings (SSSR count). The number of hydrogen-bond donors (Lipinski definition) is 0. The zero-order valence-corrected chi connectivity index (χ0v) is 16.0. The summed E-state index contributed by atoms with van der Waals surface area (Å²) in [5.74, 6) is 0.849. The van der Waals surface area contributed by atoms with Gasteiger partial charge < -0.3 is 9.47 Å². The van der Waals surface area contributed by atoms with Crippen LogP contribution in [0.15, 0.2) is 47.1 Å². The molecule has 8 heteroatoms. The third kappa shape index (κ3) is 3.45. The van der Waals surface area contributed by atoms with Crippen molar-refractivity contribution in [1.29, 1.82) is 0 Å². The molecule has 1 aromatic carbocycles. The zero-order valence-electron chi connectivity index (χ0n) is 14.4. The average molecular weight is 377 g/mol. The molecule has 0 fully saturated rings. The van der Waals surface area contributed by atoms with Gasteiger partial charge in [-0.3, -0.25) is 0 Å². The highest BCUT2D eigenvalue weighted by atomic mass is 32.2. The van der Waals surface area contributed by atoms with Crippen LogP contribution in [-0.2, 0) is 16.3 Å². The van der Waals surface area contributed by atoms with Crippen LogP contribution < -0.4 is 4.90 Å². The van der Waals surface area contributed by atoms with E-state index in [0.717, 1.165) is 23.8 Å². The first kappa shape index (κ1) is 17.6. The molecule has 2 heterocycles. The number of imidazole rings is 1. The predicted molar refractivity (Wildman–Crippen MR) is 101 cm³/mol. The Hall–Kier alpha value is -2.19. The van der Waals surface area contributed by atoms with Gasteiger partial charge in [0.15, 0.2) is 15.0 Å². The van der Waals surface area contributed by atoms with Crippen molar-refractivity contribution < 1.29 is 8.42 Å². The second-order valence-electron chi connectivity index (χ2n) is 5.73. The normalized spacial score (nSPS) is 11.6. The van der Waals surface area contributed by atoms with Crippen LogP contribution in [0.1, 0.15) is 19.2 Å². The molecule has 25 heavy (non-hydrogen) atoms. The van der Waals surface area contributed by atoms with Gasteiger partial charge in [-0.15, -0.1) is 11.3 Å². The van der Waals surface area contributed by atoms with Crippen LogP contribution in [0.3, 0.4) is 0 Å². The molecule has 2 aromatic heterocycles. The summed E-state index contributed by atoms with van der Waals surface area (Å²) < 4.78 is 27.1. The largest absolute Gasteiger partial charge is 0.320 e. The van der Waals surface area contributed by atoms with Gasteiger partial charge in [0.1, 0.15) is 10.7 Å². The Kier molecular flexibility index (Phi) is 4.91. The lowest BCUT2D eigenvalue weighted by atomic mass is 10.2. The predicted octanol–water partition coefficient (Wildman–Crippen LogP) is 3.45. The monoisotopic (exact) mass is 376 g/mol. The molecule has 3 aromatic rings. The van der Waals surface area contributed by atoms with E-state index < -0.39 is 9.84 Å². The summed E-state index contributed by atoms with van der Waals surface area (Å²) >= 11 is 1.46. The first-order chi connectivity index (χ1) is 11.9. The average Bonchev–Trinajstić information content (AvgIpc) is 3.24. The van der Waals surface area contributed by atoms with Gasteiger partial charge in [-0.25, -0.2) is 18.4 Å². The molecule has 0 spiro atoms. The fraction of sp³-hybridized carbons (Fsp3) is 0.294. The van der Waals surface area contributed by atoms with E-state index in [9.17, 15) is 8.42 Å². The van der Waals surface area contributed by atoms with Crippen molar-refractivity contribution >= 4 is 32.0 Å². The highest BCUT2D eigenvalue weighted by molar-refractivity contribution is 7.91. The molecule has 0 aliphatic heterocycles. The maximum Gasteiger partial charge on any atom is 0.189 e. The summed E-state index contributed by atoms with van der Waals surface area (Å²) in [7, 11) is -1.64. The van der Waals surface area contributed by atoms with Gasteiger partial charge in [-0.05, 0) is 18.6 Å². The van der Waals surface area contributed by atoms with E-state index >= 15 is 0 Å². The quantitative estimate of drug-likeness (QED) is 0.659. The second-order valence-corrected chi connectivity index (χ2v) is 8.56. The van der Waals surface area contributed by atoms with Gasteiger partial charge >= 0.3 is 0 Å². The molecule has 0 aliphatic rings. The smallest absolute Gasteiger partial charge is 0.189 e. The molecule has 0 saturated heterocycles. The van der Waals surface area contributed by atoms with Crippen LogP contribution >= 0.6 is 11.3 Å². The summed E-state index contributed by atoms with van der Waals surface area (Å²) in [6.45, 7) is 2.07. The van der Waals surface area contributed by atoms with Crippen molar-refractivity contribution in [1.82, 2.24) is 14.5 Å². The fourth-order valence-electron chi connectivity index (χ4n) is 2.79. The van der Waals surface area contributed by atoms with E-state index in [4.69, 9.17) is 0 Å². The summed E-state index contributed by atoms with van der Waals surface area (Å²) in [5, 5.41) is 2.60. The van der Waals surface area contributed by atoms with Crippen molar-refractivity contribution in [3.05, 3.63) is 48.0 Å². The van der Waals surface area contributed by atoms with E-state index in [1.165, 1.54) is 17.6 Å². The Morgan fingerprint density at radius 1 is 1.24 bits per heavy atom. The third-order valence-electron chi connectivity index (χ3n) is 3.86. The van der Waals surface area contributed by atoms with Gasteiger partial charge in [-0.1, -0.05) is 13.0 Å². The van der Waals surface area contributed by atoms with E-state index in [-0.39, 0.29) is 4.90 Å². The van der Waals surface area contributed by atoms with E-state index in [1.807, 2.05) is 35.3 Å². The van der Waals surface area contributed by atoms with Crippen molar-refractivity contribution in [2.24, 2.45) is 0 Å². The van der Waals surface area contributed by atoms with E-state index in [1.54, 1.807) is 23.4 Å². The van der Waals surface area contributed by atoms with Crippen molar-refractivity contribution in [3.8, 4) is 5.69 Å². The van der Waals surface area contributed by atoms with Crippen LogP contribution in [0, 0.1) is 0 Å². The topological polar surface area (TPSA) is 68.1 Å². The maximum absolute atomic E-state index is 12.6. The first-order valence-electron chi connectivity index (χ1n) is 7.92. The Labute approximate surface area is 151 Å². The van der Waals surface area contributed by atoms with Gasteiger partial charge in [-0.2, -0.15) is 0 Å². The summed E-state index contributed by atoms with van der Waals surface area (Å²) in [6, 6.07) is 5.48. The van der Waals surface area contributed by atoms with Gasteiger partial charge in [0, 0.05) is 43.7 Å². The molecular formula is C17H20N4O2S2. The van der Waals surface area contributed by atoms with Crippen molar-refractivity contribution in [3.63, 3.8) is 0 Å². The number of sulfone groups is 1. The number of hydrogen-bond acceptors (Lipinski definition) is 6. The minimum absolute atomic E-state index is 0.281. The molecule has 6 nitrogen and oxygen atoms in total. The van der Waals surface area contributed by atoms with Gasteiger partial charge in [0.05, 0.1) is 11.4 Å². The van der Waals surface area contributed by atoms with E-state index in [2.05, 4.69) is 16.9 Å². The Morgan fingerprint density at radius 3 is 2.68 bits per heavy atom. The molecule has 0 amide bonds. The number of benzene rings is 1. The number of anilines is 2. The Morgan fingerprint density at radius 2 is 2.04 bits per heavy atom. The molecule has 0 N–H and O–H groups in total. The van der Waals surface area contributed by atoms with Crippen LogP contribution in [-0.4, -0.2) is 36.3 Å². The number of aromatic nitrogens is 3. The highest BCUT2D eigenvalue weighted by Gasteiger charge is 2.24. The van der Waals surface area contributed by atoms with Crippen LogP contribution in [0.4, 0.5) is 10.8 Å². The molecule has 0 bridgehead atoms. The van der Waals surface area contributed by atoms with Crippen LogP contribution in [0.5, 0.6) is 0 Å². The highest BCUT2D eigenvalue weighted by Crippen LogP contribution is 2.35. The SMILES string of the molecule is CCCc1nccn1-c1cccc(N(C)c2nccs2)c1S(C)(=O)=O. The summed E-state index contributed by atoms with van der Waals surface area (Å²) in [6.07, 6.45) is 8.17. The van der Waals surface area contributed by atoms with Crippen LogP contribution in [0.2, 0.25) is 0 Å². The number of aryl methyl sites for hydroxylation is 1. The standard InChI is InChI=1S/C17H20N4O2S2/c1-4-6-15-18-9-11-21(15)14-8-5-7-13(16(14)25(3,22)23)20(2)17-19-10-12-24-17/h5,7-12H,4,6H2,1-3H3. The zero-order chi connectivity index (χ0) is 18.0. The molecule has 0 radical (unpaired) electrons. The minimum Gasteiger partial charge on any atom is -0.320 e. The lowest BCUT2D eigenvalue weighted by Crippen LogP contribution is -2.16. The lowest BCUT2D eigenvalue weighted by Gasteiger charge is -2.22. The molecular weight excluding hydrogens is 356 g/mol. The molecule has 0 unspecified atom stereocenters. The van der Waals surface area contributed by atoms with Crippen molar-refractivity contribution in [2.45, 2.75) is 24.7 Å². The van der Waals surface area contributed by atoms with E-state index in [0.29, 0.717) is 11.4 Å². The van der Waals surface area contributed by atoms with Gasteiger partial charge in [0.2, 0.25) is 0 Å².